The SMILES string of the molecule is CC1CCCC(N2CC3CNCC3C2C)C1. The summed E-state index contributed by atoms with van der Waals surface area (Å²) in [6, 6.07) is 1.74. The maximum absolute atomic E-state index is 3.56. The van der Waals surface area contributed by atoms with E-state index >= 15 is 0 Å². The van der Waals surface area contributed by atoms with Crippen LogP contribution < -0.4 is 5.32 Å². The zero-order chi connectivity index (χ0) is 11.1. The van der Waals surface area contributed by atoms with E-state index in [2.05, 4.69) is 24.1 Å². The molecule has 0 aromatic carbocycles. The molecule has 0 bridgehead atoms. The molecule has 2 saturated heterocycles. The summed E-state index contributed by atoms with van der Waals surface area (Å²) in [6.07, 6.45) is 5.84. The Morgan fingerprint density at radius 3 is 2.75 bits per heavy atom. The summed E-state index contributed by atoms with van der Waals surface area (Å²) in [5, 5.41) is 3.56. The molecule has 5 unspecified atom stereocenters. The Balaban J connectivity index is 1.67. The van der Waals surface area contributed by atoms with Gasteiger partial charge in [-0.2, -0.15) is 0 Å². The van der Waals surface area contributed by atoms with Gasteiger partial charge in [0.25, 0.3) is 0 Å². The normalized spacial score (nSPS) is 49.5. The van der Waals surface area contributed by atoms with Crippen LogP contribution in [0.15, 0.2) is 0 Å². The van der Waals surface area contributed by atoms with E-state index in [0.29, 0.717) is 0 Å². The first-order valence-corrected chi connectivity index (χ1v) is 7.22. The highest BCUT2D eigenvalue weighted by atomic mass is 15.2. The van der Waals surface area contributed by atoms with Crippen molar-refractivity contribution in [3.63, 3.8) is 0 Å². The van der Waals surface area contributed by atoms with Crippen molar-refractivity contribution in [1.82, 2.24) is 10.2 Å². The zero-order valence-corrected chi connectivity index (χ0v) is 10.8. The van der Waals surface area contributed by atoms with E-state index in [0.717, 1.165) is 29.8 Å². The lowest BCUT2D eigenvalue weighted by Gasteiger charge is -2.37. The maximum Gasteiger partial charge on any atom is 0.0114 e. The summed E-state index contributed by atoms with van der Waals surface area (Å²) < 4.78 is 0. The molecule has 5 atom stereocenters. The average Bonchev–Trinajstić information content (AvgIpc) is 2.82. The molecule has 2 nitrogen and oxygen atoms in total. The lowest BCUT2D eigenvalue weighted by molar-refractivity contribution is 0.116. The van der Waals surface area contributed by atoms with Crippen LogP contribution >= 0.6 is 0 Å². The molecule has 0 radical (unpaired) electrons. The van der Waals surface area contributed by atoms with Crippen LogP contribution in [0.3, 0.4) is 0 Å². The minimum absolute atomic E-state index is 0.829. The standard InChI is InChI=1S/C14H26N2/c1-10-4-3-5-13(6-10)16-9-12-7-15-8-14(12)11(16)2/h10-15H,3-9H2,1-2H3. The van der Waals surface area contributed by atoms with Gasteiger partial charge in [0.1, 0.15) is 0 Å². The third-order valence-corrected chi connectivity index (χ3v) is 5.36. The van der Waals surface area contributed by atoms with Crippen LogP contribution in [0.4, 0.5) is 0 Å². The second-order valence-electron chi connectivity index (χ2n) is 6.45. The van der Waals surface area contributed by atoms with Crippen LogP contribution in [0, 0.1) is 17.8 Å². The first kappa shape index (κ1) is 11.0. The monoisotopic (exact) mass is 222 g/mol. The van der Waals surface area contributed by atoms with E-state index in [9.17, 15) is 0 Å². The van der Waals surface area contributed by atoms with Crippen molar-refractivity contribution in [2.75, 3.05) is 19.6 Å². The number of hydrogen-bond acceptors (Lipinski definition) is 2. The second-order valence-corrected chi connectivity index (χ2v) is 6.45. The highest BCUT2D eigenvalue weighted by Crippen LogP contribution is 2.38. The lowest BCUT2D eigenvalue weighted by Crippen LogP contribution is -2.43. The molecule has 1 N–H and O–H groups in total. The van der Waals surface area contributed by atoms with Gasteiger partial charge in [0.15, 0.2) is 0 Å². The van der Waals surface area contributed by atoms with Gasteiger partial charge in [-0.05, 0) is 50.6 Å². The Bertz CT molecular complexity index is 253. The average molecular weight is 222 g/mol. The van der Waals surface area contributed by atoms with Crippen LogP contribution in [0.2, 0.25) is 0 Å². The van der Waals surface area contributed by atoms with Gasteiger partial charge >= 0.3 is 0 Å². The molecule has 2 heteroatoms. The fourth-order valence-electron chi connectivity index (χ4n) is 4.39. The summed E-state index contributed by atoms with van der Waals surface area (Å²) in [5.41, 5.74) is 0. The van der Waals surface area contributed by atoms with Crippen molar-refractivity contribution in [1.29, 1.82) is 0 Å². The van der Waals surface area contributed by atoms with Gasteiger partial charge in [-0.25, -0.2) is 0 Å². The predicted octanol–water partition coefficient (Wildman–Crippen LogP) is 2.10. The fourth-order valence-corrected chi connectivity index (χ4v) is 4.39. The van der Waals surface area contributed by atoms with Crippen molar-refractivity contribution in [2.45, 2.75) is 51.6 Å². The van der Waals surface area contributed by atoms with E-state index in [1.165, 1.54) is 45.3 Å². The summed E-state index contributed by atoms with van der Waals surface area (Å²) in [6.45, 7) is 8.82. The Labute approximate surface area is 99.8 Å². The molecule has 1 saturated carbocycles. The number of likely N-dealkylation sites (tertiary alicyclic amines) is 1. The molecule has 0 amide bonds. The molecule has 16 heavy (non-hydrogen) atoms. The molecule has 0 spiro atoms. The molecule has 92 valence electrons. The van der Waals surface area contributed by atoms with Gasteiger partial charge in [-0.15, -0.1) is 0 Å². The van der Waals surface area contributed by atoms with Crippen molar-refractivity contribution < 1.29 is 0 Å². The molecular weight excluding hydrogens is 196 g/mol. The molecule has 1 aliphatic carbocycles. The van der Waals surface area contributed by atoms with Gasteiger partial charge in [-0.1, -0.05) is 19.8 Å². The van der Waals surface area contributed by atoms with Crippen LogP contribution in [0.25, 0.3) is 0 Å². The largest absolute Gasteiger partial charge is 0.316 e. The summed E-state index contributed by atoms with van der Waals surface area (Å²) in [7, 11) is 0. The quantitative estimate of drug-likeness (QED) is 0.731. The molecule has 3 rings (SSSR count). The third-order valence-electron chi connectivity index (χ3n) is 5.36. The Hall–Kier alpha value is -0.0800. The number of rotatable bonds is 1. The summed E-state index contributed by atoms with van der Waals surface area (Å²) in [5.74, 6) is 2.86. The van der Waals surface area contributed by atoms with Crippen LogP contribution in [-0.2, 0) is 0 Å². The van der Waals surface area contributed by atoms with Crippen molar-refractivity contribution in [3.05, 3.63) is 0 Å². The van der Waals surface area contributed by atoms with Gasteiger partial charge in [0.2, 0.25) is 0 Å². The Morgan fingerprint density at radius 1 is 1.12 bits per heavy atom. The van der Waals surface area contributed by atoms with Crippen LogP contribution in [0.1, 0.15) is 39.5 Å². The van der Waals surface area contributed by atoms with E-state index in [1.54, 1.807) is 0 Å². The van der Waals surface area contributed by atoms with Crippen molar-refractivity contribution in [2.24, 2.45) is 17.8 Å². The highest BCUT2D eigenvalue weighted by Gasteiger charge is 2.44. The van der Waals surface area contributed by atoms with Gasteiger partial charge in [0.05, 0.1) is 0 Å². The number of fused-ring (bicyclic) bond motifs is 1. The second kappa shape index (κ2) is 4.30. The summed E-state index contributed by atoms with van der Waals surface area (Å²) in [4.78, 5) is 2.85. The number of nitrogens with one attached hydrogen (secondary N) is 1. The fraction of sp³-hybridized carbons (Fsp3) is 1.00. The number of hydrogen-bond donors (Lipinski definition) is 1. The van der Waals surface area contributed by atoms with E-state index < -0.39 is 0 Å². The molecule has 2 heterocycles. The lowest BCUT2D eigenvalue weighted by atomic mass is 9.86. The van der Waals surface area contributed by atoms with Crippen molar-refractivity contribution >= 4 is 0 Å². The minimum Gasteiger partial charge on any atom is -0.316 e. The van der Waals surface area contributed by atoms with Crippen LogP contribution in [0.5, 0.6) is 0 Å². The highest BCUT2D eigenvalue weighted by molar-refractivity contribution is 4.99. The Kier molecular flexibility index (Phi) is 2.97. The molecule has 3 fully saturated rings. The first-order chi connectivity index (χ1) is 7.75. The van der Waals surface area contributed by atoms with E-state index in [-0.39, 0.29) is 0 Å². The maximum atomic E-state index is 3.56. The minimum atomic E-state index is 0.829. The zero-order valence-electron chi connectivity index (χ0n) is 10.8. The molecule has 3 aliphatic rings. The molecule has 2 aliphatic heterocycles. The van der Waals surface area contributed by atoms with Gasteiger partial charge in [-0.3, -0.25) is 4.90 Å². The van der Waals surface area contributed by atoms with Crippen molar-refractivity contribution in [3.8, 4) is 0 Å². The van der Waals surface area contributed by atoms with Gasteiger partial charge in [0, 0.05) is 18.6 Å². The van der Waals surface area contributed by atoms with Crippen LogP contribution in [-0.4, -0.2) is 36.6 Å². The van der Waals surface area contributed by atoms with Gasteiger partial charge < -0.3 is 5.32 Å². The predicted molar refractivity (Wildman–Crippen MR) is 67.4 cm³/mol. The summed E-state index contributed by atoms with van der Waals surface area (Å²) >= 11 is 0. The third kappa shape index (κ3) is 1.80. The van der Waals surface area contributed by atoms with E-state index in [1.807, 2.05) is 0 Å². The Morgan fingerprint density at radius 2 is 2.00 bits per heavy atom. The first-order valence-electron chi connectivity index (χ1n) is 7.22. The number of nitrogens with zero attached hydrogens (tertiary/aromatic N) is 1. The molecule has 0 aromatic heterocycles. The smallest absolute Gasteiger partial charge is 0.0114 e. The molecule has 0 aromatic rings. The molecular formula is C14H26N2. The topological polar surface area (TPSA) is 15.3 Å². The van der Waals surface area contributed by atoms with E-state index in [4.69, 9.17) is 0 Å².